The minimum atomic E-state index is -0.826. The van der Waals surface area contributed by atoms with Crippen LogP contribution >= 0.6 is 0 Å². The molecule has 0 radical (unpaired) electrons. The zero-order valence-electron chi connectivity index (χ0n) is 19.5. The molecule has 11 heteroatoms. The molecule has 3 aliphatic rings. The van der Waals surface area contributed by atoms with Gasteiger partial charge in [0.15, 0.2) is 18.2 Å². The second-order valence-electron chi connectivity index (χ2n) is 8.94. The lowest BCUT2D eigenvalue weighted by molar-refractivity contribution is -0.128. The molecule has 2 atom stereocenters. The van der Waals surface area contributed by atoms with Gasteiger partial charge in [0.2, 0.25) is 0 Å². The molecule has 0 spiro atoms. The third-order valence-electron chi connectivity index (χ3n) is 6.37. The molecule has 2 aliphatic carbocycles. The zero-order valence-corrected chi connectivity index (χ0v) is 19.5. The van der Waals surface area contributed by atoms with E-state index in [-0.39, 0.29) is 41.8 Å². The second-order valence-corrected chi connectivity index (χ2v) is 8.94. The minimum Gasteiger partial charge on any atom is -0.486 e. The SMILES string of the molecule is NC(=O)c1cc(F)c(N=C2CCCCC2N)nc1Nc1ccnc(C2=CC=C3OCC(=O)NC3C2)c1. The van der Waals surface area contributed by atoms with E-state index in [1.807, 2.05) is 12.2 Å². The lowest BCUT2D eigenvalue weighted by atomic mass is 9.94. The number of morpholine rings is 1. The van der Waals surface area contributed by atoms with Crippen LogP contribution in [0.1, 0.15) is 48.2 Å². The first-order chi connectivity index (χ1) is 17.4. The van der Waals surface area contributed by atoms with Crippen LogP contribution in [0.3, 0.4) is 0 Å². The summed E-state index contributed by atoms with van der Waals surface area (Å²) in [6.07, 6.45) is 9.21. The van der Waals surface area contributed by atoms with Crippen molar-refractivity contribution in [2.45, 2.75) is 44.2 Å². The number of nitrogens with one attached hydrogen (secondary N) is 2. The van der Waals surface area contributed by atoms with Crippen LogP contribution in [0, 0.1) is 5.82 Å². The highest BCUT2D eigenvalue weighted by molar-refractivity contribution is 5.99. The number of hydrogen-bond acceptors (Lipinski definition) is 8. The van der Waals surface area contributed by atoms with E-state index in [1.54, 1.807) is 18.3 Å². The maximum Gasteiger partial charge on any atom is 0.258 e. The number of rotatable bonds is 5. The van der Waals surface area contributed by atoms with Gasteiger partial charge in [-0.1, -0.05) is 12.5 Å². The van der Waals surface area contributed by atoms with Crippen LogP contribution in [0.15, 0.2) is 47.3 Å². The minimum absolute atomic E-state index is 0.00942. The fourth-order valence-electron chi connectivity index (χ4n) is 4.49. The van der Waals surface area contributed by atoms with Gasteiger partial charge in [-0.05, 0) is 49.1 Å². The quantitative estimate of drug-likeness (QED) is 0.500. The van der Waals surface area contributed by atoms with Crippen molar-refractivity contribution in [3.8, 4) is 0 Å². The molecule has 0 aromatic carbocycles. The predicted molar refractivity (Wildman–Crippen MR) is 132 cm³/mol. The van der Waals surface area contributed by atoms with Crippen molar-refractivity contribution in [1.29, 1.82) is 0 Å². The molecular formula is C25H26FN7O3. The molecule has 2 amide bonds. The zero-order chi connectivity index (χ0) is 25.2. The molecule has 2 fully saturated rings. The van der Waals surface area contributed by atoms with Gasteiger partial charge in [-0.15, -0.1) is 0 Å². The third kappa shape index (κ3) is 4.96. The summed E-state index contributed by atoms with van der Waals surface area (Å²) in [5, 5.41) is 5.96. The Labute approximate surface area is 206 Å². The lowest BCUT2D eigenvalue weighted by Gasteiger charge is -2.29. The average Bonchev–Trinajstić information content (AvgIpc) is 2.86. The molecule has 1 saturated heterocycles. The summed E-state index contributed by atoms with van der Waals surface area (Å²) in [4.78, 5) is 36.8. The molecule has 2 aromatic rings. The molecule has 2 aromatic heterocycles. The summed E-state index contributed by atoms with van der Waals surface area (Å²) < 4.78 is 20.2. The Balaban J connectivity index is 1.44. The molecule has 186 valence electrons. The van der Waals surface area contributed by atoms with E-state index in [1.165, 1.54) is 0 Å². The Kier molecular flexibility index (Phi) is 6.47. The molecule has 3 heterocycles. The van der Waals surface area contributed by atoms with Gasteiger partial charge < -0.3 is 26.8 Å². The van der Waals surface area contributed by atoms with E-state index in [0.717, 1.165) is 30.9 Å². The topological polar surface area (TPSA) is 158 Å². The summed E-state index contributed by atoms with van der Waals surface area (Å²) in [7, 11) is 0. The number of halogens is 1. The number of ether oxygens (including phenoxy) is 1. The van der Waals surface area contributed by atoms with Crippen LogP contribution in [0.25, 0.3) is 5.57 Å². The van der Waals surface area contributed by atoms with Crippen LogP contribution in [-0.2, 0) is 9.53 Å². The second kappa shape index (κ2) is 9.86. The van der Waals surface area contributed by atoms with E-state index in [9.17, 15) is 14.0 Å². The third-order valence-corrected chi connectivity index (χ3v) is 6.37. The first-order valence-electron chi connectivity index (χ1n) is 11.8. The van der Waals surface area contributed by atoms with Crippen LogP contribution in [0.4, 0.5) is 21.7 Å². The number of hydrogen-bond donors (Lipinski definition) is 4. The van der Waals surface area contributed by atoms with E-state index in [0.29, 0.717) is 35.7 Å². The van der Waals surface area contributed by atoms with Crippen LogP contribution < -0.4 is 22.1 Å². The standard InChI is InChI=1S/C25H26FN7O3/c26-16-11-15(23(28)35)24(33-25(16)32-18-4-2-1-3-17(18)27)30-14-7-8-29-19(10-14)13-5-6-21-20(9-13)31-22(34)12-36-21/h5-8,10-11,17,20H,1-4,9,12,27H2,(H2,28,35)(H,31,34)(H,29,30,33). The maximum atomic E-state index is 14.8. The molecule has 10 nitrogen and oxygen atoms in total. The molecule has 2 unspecified atom stereocenters. The van der Waals surface area contributed by atoms with Crippen molar-refractivity contribution in [3.05, 3.63) is 59.4 Å². The maximum absolute atomic E-state index is 14.8. The van der Waals surface area contributed by atoms with Crippen LogP contribution in [0.5, 0.6) is 0 Å². The monoisotopic (exact) mass is 491 g/mol. The molecule has 1 aliphatic heterocycles. The summed E-state index contributed by atoms with van der Waals surface area (Å²) >= 11 is 0. The van der Waals surface area contributed by atoms with E-state index in [4.69, 9.17) is 16.2 Å². The highest BCUT2D eigenvalue weighted by Gasteiger charge is 2.28. The van der Waals surface area contributed by atoms with E-state index in [2.05, 4.69) is 25.6 Å². The van der Waals surface area contributed by atoms with Gasteiger partial charge in [0.1, 0.15) is 11.6 Å². The van der Waals surface area contributed by atoms with Crippen molar-refractivity contribution in [2.75, 3.05) is 11.9 Å². The molecule has 6 N–H and O–H groups in total. The van der Waals surface area contributed by atoms with Gasteiger partial charge in [-0.3, -0.25) is 14.6 Å². The summed E-state index contributed by atoms with van der Waals surface area (Å²) in [5.41, 5.74) is 14.3. The van der Waals surface area contributed by atoms with Gasteiger partial charge in [0, 0.05) is 30.1 Å². The Bertz CT molecular complexity index is 1320. The van der Waals surface area contributed by atoms with Crippen molar-refractivity contribution >= 4 is 40.4 Å². The number of pyridine rings is 2. The highest BCUT2D eigenvalue weighted by atomic mass is 19.1. The highest BCUT2D eigenvalue weighted by Crippen LogP contribution is 2.31. The molecule has 1 saturated carbocycles. The first-order valence-corrected chi connectivity index (χ1v) is 11.8. The lowest BCUT2D eigenvalue weighted by Crippen LogP contribution is -2.44. The Morgan fingerprint density at radius 1 is 1.28 bits per heavy atom. The Morgan fingerprint density at radius 3 is 2.94 bits per heavy atom. The van der Waals surface area contributed by atoms with Gasteiger partial charge in [0.05, 0.1) is 17.3 Å². The molecule has 0 bridgehead atoms. The number of amides is 2. The summed E-state index contributed by atoms with van der Waals surface area (Å²) in [6.45, 7) is 0.00942. The van der Waals surface area contributed by atoms with Gasteiger partial charge in [-0.25, -0.2) is 14.4 Å². The summed E-state index contributed by atoms with van der Waals surface area (Å²) in [5.74, 6) is -1.10. The van der Waals surface area contributed by atoms with Crippen molar-refractivity contribution in [3.63, 3.8) is 0 Å². The molecule has 5 rings (SSSR count). The number of aliphatic imine (C=N–C) groups is 1. The van der Waals surface area contributed by atoms with E-state index >= 15 is 0 Å². The number of nitrogens with two attached hydrogens (primary N) is 2. The van der Waals surface area contributed by atoms with Gasteiger partial charge >= 0.3 is 0 Å². The largest absolute Gasteiger partial charge is 0.486 e. The van der Waals surface area contributed by atoms with Crippen LogP contribution in [0.2, 0.25) is 0 Å². The number of carbonyl (C=O) groups is 2. The normalized spacial score (nSPS) is 22.6. The number of allylic oxidation sites excluding steroid dienone is 2. The van der Waals surface area contributed by atoms with Crippen molar-refractivity contribution in [1.82, 2.24) is 15.3 Å². The van der Waals surface area contributed by atoms with E-state index < -0.39 is 11.7 Å². The fourth-order valence-corrected chi connectivity index (χ4v) is 4.49. The smallest absolute Gasteiger partial charge is 0.258 e. The number of primary amides is 1. The number of nitrogens with zero attached hydrogens (tertiary/aromatic N) is 3. The first kappa shape index (κ1) is 23.6. The van der Waals surface area contributed by atoms with Gasteiger partial charge in [0.25, 0.3) is 11.8 Å². The van der Waals surface area contributed by atoms with Gasteiger partial charge in [-0.2, -0.15) is 0 Å². The number of carbonyl (C=O) groups excluding carboxylic acids is 2. The molecule has 36 heavy (non-hydrogen) atoms. The fraction of sp³-hybridized carbons (Fsp3) is 0.320. The average molecular weight is 492 g/mol. The van der Waals surface area contributed by atoms with Crippen LogP contribution in [-0.4, -0.2) is 46.2 Å². The number of aromatic nitrogens is 2. The number of fused-ring (bicyclic) bond motifs is 1. The Hall–Kier alpha value is -4.12. The number of anilines is 2. The predicted octanol–water partition coefficient (Wildman–Crippen LogP) is 2.62. The summed E-state index contributed by atoms with van der Waals surface area (Å²) in [6, 6.07) is 4.01. The Morgan fingerprint density at radius 2 is 2.14 bits per heavy atom. The van der Waals surface area contributed by atoms with Crippen molar-refractivity contribution < 1.29 is 18.7 Å². The molecular weight excluding hydrogens is 465 g/mol. The van der Waals surface area contributed by atoms with Crippen molar-refractivity contribution in [2.24, 2.45) is 16.5 Å².